The Morgan fingerprint density at radius 3 is 0.952 bits per heavy atom. The number of hydrogen-bond acceptors (Lipinski definition) is 2. The van der Waals surface area contributed by atoms with Crippen LogP contribution in [0.15, 0.2) is 261 Å². The van der Waals surface area contributed by atoms with Gasteiger partial charge in [0.15, 0.2) is 0 Å². The van der Waals surface area contributed by atoms with E-state index >= 15 is 0 Å². The van der Waals surface area contributed by atoms with Gasteiger partial charge in [0.05, 0.1) is 11.0 Å². The van der Waals surface area contributed by atoms with Gasteiger partial charge in [0.1, 0.15) is 0 Å². The van der Waals surface area contributed by atoms with E-state index in [2.05, 4.69) is 275 Å². The molecule has 0 amide bonds. The molecule has 0 aliphatic rings. The van der Waals surface area contributed by atoms with Crippen LogP contribution >= 0.6 is 0 Å². The molecule has 0 spiro atoms. The van der Waals surface area contributed by atoms with Gasteiger partial charge in [-0.15, -0.1) is 0 Å². The lowest BCUT2D eigenvalue weighted by Gasteiger charge is -2.26. The standard InChI is InChI=1S/C60H43N3/c1-5-15-50(16-6-1)61(51-17-7-2-8-18-51)54-36-29-46(30-37-54)44-25-27-45(28-26-44)47-31-38-55(39-32-47)62(52-19-9-3-10-20-52)56-40-33-48(34-41-56)49-35-42-60-58(43-49)57-23-13-14-24-59(57)63(60)53-21-11-4-12-22-53/h1-43H. The van der Waals surface area contributed by atoms with Crippen molar-refractivity contribution in [3.63, 3.8) is 0 Å². The third-order valence-corrected chi connectivity index (χ3v) is 12.0. The molecule has 0 N–H and O–H groups in total. The first-order valence-electron chi connectivity index (χ1n) is 21.5. The van der Waals surface area contributed by atoms with Crippen molar-refractivity contribution in [3.8, 4) is 39.1 Å². The van der Waals surface area contributed by atoms with E-state index in [1.807, 2.05) is 0 Å². The van der Waals surface area contributed by atoms with Crippen molar-refractivity contribution in [1.82, 2.24) is 4.57 Å². The second-order valence-corrected chi connectivity index (χ2v) is 15.8. The Hall–Kier alpha value is -8.40. The maximum atomic E-state index is 2.36. The Morgan fingerprint density at radius 2 is 0.524 bits per heavy atom. The van der Waals surface area contributed by atoms with Gasteiger partial charge in [-0.25, -0.2) is 0 Å². The molecule has 0 saturated carbocycles. The second-order valence-electron chi connectivity index (χ2n) is 15.8. The number of nitrogens with zero attached hydrogens (tertiary/aromatic N) is 3. The molecular weight excluding hydrogens is 763 g/mol. The Bertz CT molecular complexity index is 3230. The van der Waals surface area contributed by atoms with Crippen molar-refractivity contribution in [2.45, 2.75) is 0 Å². The topological polar surface area (TPSA) is 11.4 Å². The molecule has 0 saturated heterocycles. The molecule has 3 nitrogen and oxygen atoms in total. The summed E-state index contributed by atoms with van der Waals surface area (Å²) in [5, 5.41) is 2.50. The van der Waals surface area contributed by atoms with Crippen molar-refractivity contribution >= 4 is 55.9 Å². The lowest BCUT2D eigenvalue weighted by atomic mass is 9.99. The summed E-state index contributed by atoms with van der Waals surface area (Å²) < 4.78 is 2.36. The zero-order valence-corrected chi connectivity index (χ0v) is 34.7. The van der Waals surface area contributed by atoms with E-state index in [-0.39, 0.29) is 0 Å². The molecule has 10 aromatic carbocycles. The number of benzene rings is 10. The SMILES string of the molecule is c1ccc(N(c2ccccc2)c2ccc(-c3ccc(-c4ccc(N(c5ccccc5)c5ccc(-c6ccc7c(c6)c6ccccc6n7-c6ccccc6)cc5)cc4)cc3)cc2)cc1. The van der Waals surface area contributed by atoms with Crippen LogP contribution in [0.1, 0.15) is 0 Å². The smallest absolute Gasteiger partial charge is 0.0541 e. The highest BCUT2D eigenvalue weighted by atomic mass is 15.1. The lowest BCUT2D eigenvalue weighted by molar-refractivity contribution is 1.18. The fourth-order valence-electron chi connectivity index (χ4n) is 8.90. The molecular formula is C60H43N3. The van der Waals surface area contributed by atoms with Crippen LogP contribution in [0.2, 0.25) is 0 Å². The van der Waals surface area contributed by atoms with E-state index in [9.17, 15) is 0 Å². The van der Waals surface area contributed by atoms with Gasteiger partial charge in [0.25, 0.3) is 0 Å². The third kappa shape index (κ3) is 7.32. The van der Waals surface area contributed by atoms with Gasteiger partial charge in [0.2, 0.25) is 0 Å². The molecule has 0 aliphatic carbocycles. The molecule has 1 aromatic heterocycles. The molecule has 298 valence electrons. The predicted octanol–water partition coefficient (Wildman–Crippen LogP) is 16.7. The van der Waals surface area contributed by atoms with E-state index in [1.54, 1.807) is 0 Å². The number of fused-ring (bicyclic) bond motifs is 3. The van der Waals surface area contributed by atoms with Crippen molar-refractivity contribution in [1.29, 1.82) is 0 Å². The molecule has 1 heterocycles. The number of para-hydroxylation sites is 5. The summed E-state index contributed by atoms with van der Waals surface area (Å²) in [6.07, 6.45) is 0. The molecule has 11 rings (SSSR count). The van der Waals surface area contributed by atoms with E-state index in [4.69, 9.17) is 0 Å². The van der Waals surface area contributed by atoms with Crippen LogP contribution in [0.25, 0.3) is 60.9 Å². The average molecular weight is 806 g/mol. The van der Waals surface area contributed by atoms with E-state index < -0.39 is 0 Å². The number of rotatable bonds is 10. The third-order valence-electron chi connectivity index (χ3n) is 12.0. The van der Waals surface area contributed by atoms with Crippen LogP contribution in [0.5, 0.6) is 0 Å². The van der Waals surface area contributed by atoms with Crippen molar-refractivity contribution in [3.05, 3.63) is 261 Å². The van der Waals surface area contributed by atoms with Crippen LogP contribution in [0, 0.1) is 0 Å². The van der Waals surface area contributed by atoms with Crippen LogP contribution in [0.4, 0.5) is 34.1 Å². The van der Waals surface area contributed by atoms with Gasteiger partial charge in [-0.05, 0) is 137 Å². The number of anilines is 6. The molecule has 0 atom stereocenters. The summed E-state index contributed by atoms with van der Waals surface area (Å²) in [7, 11) is 0. The molecule has 0 radical (unpaired) electrons. The average Bonchev–Trinajstić information content (AvgIpc) is 3.70. The fraction of sp³-hybridized carbons (Fsp3) is 0. The molecule has 11 aromatic rings. The summed E-state index contributed by atoms with van der Waals surface area (Å²) in [6.45, 7) is 0. The van der Waals surface area contributed by atoms with E-state index in [0.717, 1.165) is 34.1 Å². The largest absolute Gasteiger partial charge is 0.311 e. The van der Waals surface area contributed by atoms with Crippen molar-refractivity contribution < 1.29 is 0 Å². The maximum Gasteiger partial charge on any atom is 0.0541 e. The molecule has 3 heteroatoms. The first-order chi connectivity index (χ1) is 31.2. The Balaban J connectivity index is 0.850. The van der Waals surface area contributed by atoms with Crippen LogP contribution in [-0.2, 0) is 0 Å². The van der Waals surface area contributed by atoms with Gasteiger partial charge >= 0.3 is 0 Å². The van der Waals surface area contributed by atoms with Gasteiger partial charge in [-0.2, -0.15) is 0 Å². The summed E-state index contributed by atoms with van der Waals surface area (Å²) in [5.74, 6) is 0. The fourth-order valence-corrected chi connectivity index (χ4v) is 8.90. The molecule has 0 fully saturated rings. The van der Waals surface area contributed by atoms with E-state index in [1.165, 1.54) is 60.9 Å². The van der Waals surface area contributed by atoms with Gasteiger partial charge in [0, 0.05) is 50.6 Å². The monoisotopic (exact) mass is 805 g/mol. The second kappa shape index (κ2) is 16.6. The van der Waals surface area contributed by atoms with Gasteiger partial charge < -0.3 is 14.4 Å². The molecule has 0 aliphatic heterocycles. The minimum Gasteiger partial charge on any atom is -0.311 e. The Labute approximate surface area is 368 Å². The predicted molar refractivity (Wildman–Crippen MR) is 266 cm³/mol. The number of hydrogen-bond donors (Lipinski definition) is 0. The van der Waals surface area contributed by atoms with Gasteiger partial charge in [-0.3, -0.25) is 0 Å². The highest BCUT2D eigenvalue weighted by Crippen LogP contribution is 2.40. The normalized spacial score (nSPS) is 11.2. The summed E-state index contributed by atoms with van der Waals surface area (Å²) in [6, 6.07) is 93.5. The highest BCUT2D eigenvalue weighted by Gasteiger charge is 2.16. The molecule has 63 heavy (non-hydrogen) atoms. The summed E-state index contributed by atoms with van der Waals surface area (Å²) >= 11 is 0. The zero-order chi connectivity index (χ0) is 42.0. The summed E-state index contributed by atoms with van der Waals surface area (Å²) in [4.78, 5) is 4.62. The quantitative estimate of drug-likeness (QED) is 0.136. The minimum atomic E-state index is 1.10. The highest BCUT2D eigenvalue weighted by molar-refractivity contribution is 6.10. The molecule has 0 bridgehead atoms. The summed E-state index contributed by atoms with van der Waals surface area (Å²) in [5.41, 5.74) is 17.4. The van der Waals surface area contributed by atoms with E-state index in [0.29, 0.717) is 0 Å². The number of aromatic nitrogens is 1. The van der Waals surface area contributed by atoms with Crippen molar-refractivity contribution in [2.24, 2.45) is 0 Å². The first-order valence-corrected chi connectivity index (χ1v) is 21.5. The Kier molecular flexibility index (Phi) is 9.89. The zero-order valence-electron chi connectivity index (χ0n) is 34.7. The first kappa shape index (κ1) is 37.6. The minimum absolute atomic E-state index is 1.10. The molecule has 0 unspecified atom stereocenters. The van der Waals surface area contributed by atoms with Gasteiger partial charge in [-0.1, -0.05) is 158 Å². The maximum absolute atomic E-state index is 2.36. The van der Waals surface area contributed by atoms with Crippen molar-refractivity contribution in [2.75, 3.05) is 9.80 Å². The van der Waals surface area contributed by atoms with Crippen LogP contribution in [0.3, 0.4) is 0 Å². The Morgan fingerprint density at radius 1 is 0.222 bits per heavy atom. The lowest BCUT2D eigenvalue weighted by Crippen LogP contribution is -2.09. The van der Waals surface area contributed by atoms with Crippen LogP contribution < -0.4 is 9.80 Å². The van der Waals surface area contributed by atoms with Crippen LogP contribution in [-0.4, -0.2) is 4.57 Å².